The largest absolute Gasteiger partial charge is 0.467 e. The molecule has 2 aromatic rings. The Morgan fingerprint density at radius 2 is 1.33 bits per heavy atom. The molecule has 1 aliphatic heterocycles. The van der Waals surface area contributed by atoms with E-state index in [1.165, 1.54) is 12.0 Å². The average Bonchev–Trinajstić information content (AvgIpc) is 3.05. The molecular weight excluding hydrogens is 378 g/mol. The van der Waals surface area contributed by atoms with Gasteiger partial charge in [-0.1, -0.05) is 68.3 Å². The first-order valence-corrected chi connectivity index (χ1v) is 10.7. The summed E-state index contributed by atoms with van der Waals surface area (Å²) in [5.41, 5.74) is 4.53. The van der Waals surface area contributed by atoms with Crippen molar-refractivity contribution >= 4 is 17.8 Å². The lowest BCUT2D eigenvalue weighted by molar-refractivity contribution is -0.157. The van der Waals surface area contributed by atoms with Crippen LogP contribution in [0.2, 0.25) is 0 Å². The molecule has 0 aromatic heterocycles. The van der Waals surface area contributed by atoms with E-state index in [9.17, 15) is 14.4 Å². The van der Waals surface area contributed by atoms with Crippen LogP contribution in [0.3, 0.4) is 0 Å². The highest BCUT2D eigenvalue weighted by atomic mass is 16.5. The van der Waals surface area contributed by atoms with Gasteiger partial charge < -0.3 is 4.74 Å². The van der Waals surface area contributed by atoms with Gasteiger partial charge >= 0.3 is 5.97 Å². The Hall–Kier alpha value is -2.95. The molecule has 1 saturated heterocycles. The third-order valence-corrected chi connectivity index (χ3v) is 7.10. The number of benzene rings is 2. The normalized spacial score (nSPS) is 26.8. The summed E-state index contributed by atoms with van der Waals surface area (Å²) in [6, 6.07) is 15.4. The molecule has 3 atom stereocenters. The molecule has 2 bridgehead atoms. The number of hydrogen-bond donors (Lipinski definition) is 0. The minimum atomic E-state index is -0.842. The lowest BCUT2D eigenvalue weighted by Gasteiger charge is -2.45. The third-order valence-electron chi connectivity index (χ3n) is 7.10. The van der Waals surface area contributed by atoms with Gasteiger partial charge in [0.1, 0.15) is 6.04 Å². The highest BCUT2D eigenvalue weighted by Crippen LogP contribution is 2.61. The summed E-state index contributed by atoms with van der Waals surface area (Å²) >= 11 is 0. The fourth-order valence-electron chi connectivity index (χ4n) is 5.89. The quantitative estimate of drug-likeness (QED) is 0.565. The lowest BCUT2D eigenvalue weighted by atomic mass is 9.55. The molecule has 0 radical (unpaired) electrons. The monoisotopic (exact) mass is 403 g/mol. The number of hydrogen-bond acceptors (Lipinski definition) is 4. The Labute approximate surface area is 176 Å². The number of ether oxygens (including phenoxy) is 1. The molecule has 30 heavy (non-hydrogen) atoms. The lowest BCUT2D eigenvalue weighted by Crippen LogP contribution is -2.46. The first-order chi connectivity index (χ1) is 14.6. The Balaban J connectivity index is 1.64. The van der Waals surface area contributed by atoms with Crippen LogP contribution in [-0.2, 0) is 19.1 Å². The second kappa shape index (κ2) is 7.08. The minimum absolute atomic E-state index is 0.154. The predicted octanol–water partition coefficient (Wildman–Crippen LogP) is 3.61. The summed E-state index contributed by atoms with van der Waals surface area (Å²) in [5, 5.41) is 0. The second-order valence-electron chi connectivity index (χ2n) is 8.49. The van der Waals surface area contributed by atoms with E-state index in [1.807, 2.05) is 31.2 Å². The third kappa shape index (κ3) is 2.44. The summed E-state index contributed by atoms with van der Waals surface area (Å²) in [7, 11) is 1.31. The number of esters is 1. The van der Waals surface area contributed by atoms with Gasteiger partial charge in [-0.3, -0.25) is 14.5 Å². The maximum Gasteiger partial charge on any atom is 0.329 e. The molecule has 0 unspecified atom stereocenters. The molecule has 1 heterocycles. The van der Waals surface area contributed by atoms with E-state index in [0.717, 1.165) is 35.1 Å². The zero-order chi connectivity index (χ0) is 21.0. The number of nitrogens with zero attached hydrogens (tertiary/aromatic N) is 1. The molecule has 2 aromatic carbocycles. The standard InChI is InChI=1S/C25H25NO4/c1-3-4-13-18(25(29)30-2)26-23(27)21-19-14-9-5-6-10-15(14)20(22(21)24(26)28)17-12-8-7-11-16(17)19/h5-12,18-22H,3-4,13H2,1-2H3/t18-,19?,20?,21-,22+/m1/s1. The average molecular weight is 403 g/mol. The summed E-state index contributed by atoms with van der Waals surface area (Å²) in [5.74, 6) is -2.18. The van der Waals surface area contributed by atoms with Crippen LogP contribution in [-0.4, -0.2) is 35.8 Å². The number of unbranched alkanes of at least 4 members (excludes halogenated alkanes) is 1. The predicted molar refractivity (Wildman–Crippen MR) is 111 cm³/mol. The van der Waals surface area contributed by atoms with E-state index in [4.69, 9.17) is 4.74 Å². The molecule has 154 valence electrons. The van der Waals surface area contributed by atoms with Crippen LogP contribution in [0, 0.1) is 11.8 Å². The highest BCUT2D eigenvalue weighted by Gasteiger charge is 2.63. The van der Waals surface area contributed by atoms with E-state index in [0.29, 0.717) is 6.42 Å². The van der Waals surface area contributed by atoms with Gasteiger partial charge in [-0.2, -0.15) is 0 Å². The zero-order valence-electron chi connectivity index (χ0n) is 17.2. The number of carbonyl (C=O) groups excluding carboxylic acids is 3. The van der Waals surface area contributed by atoms with Gasteiger partial charge in [-0.15, -0.1) is 0 Å². The molecule has 3 aliphatic carbocycles. The molecule has 0 spiro atoms. The van der Waals surface area contributed by atoms with Gasteiger partial charge in [-0.25, -0.2) is 4.79 Å². The molecule has 0 saturated carbocycles. The fourth-order valence-corrected chi connectivity index (χ4v) is 5.89. The number of imide groups is 1. The van der Waals surface area contributed by atoms with Gasteiger partial charge in [0.2, 0.25) is 11.8 Å². The van der Waals surface area contributed by atoms with E-state index < -0.39 is 23.8 Å². The summed E-state index contributed by atoms with van der Waals surface area (Å²) in [6.45, 7) is 2.02. The van der Waals surface area contributed by atoms with Crippen LogP contribution in [0.4, 0.5) is 0 Å². The van der Waals surface area contributed by atoms with Gasteiger partial charge in [0, 0.05) is 11.8 Å². The summed E-state index contributed by atoms with van der Waals surface area (Å²) in [6.07, 6.45) is 2.06. The maximum absolute atomic E-state index is 13.7. The first kappa shape index (κ1) is 19.0. The Morgan fingerprint density at radius 3 is 1.70 bits per heavy atom. The van der Waals surface area contributed by atoms with Crippen molar-refractivity contribution in [1.29, 1.82) is 0 Å². The molecule has 5 nitrogen and oxygen atoms in total. The SMILES string of the molecule is CCCC[C@H](C(=O)OC)N1C(=O)[C@@H]2C3c4ccccc4C(c4ccccc43)[C@@H]2C1=O. The van der Waals surface area contributed by atoms with Gasteiger partial charge in [0.15, 0.2) is 0 Å². The zero-order valence-corrected chi connectivity index (χ0v) is 17.2. The van der Waals surface area contributed by atoms with Crippen molar-refractivity contribution in [3.8, 4) is 0 Å². The number of methoxy groups -OCH3 is 1. The Morgan fingerprint density at radius 1 is 0.900 bits per heavy atom. The second-order valence-corrected chi connectivity index (χ2v) is 8.49. The van der Waals surface area contributed by atoms with Crippen molar-refractivity contribution in [1.82, 2.24) is 4.90 Å². The Kier molecular flexibility index (Phi) is 4.49. The van der Waals surface area contributed by atoms with Gasteiger partial charge in [0.25, 0.3) is 0 Å². The van der Waals surface area contributed by atoms with Gasteiger partial charge in [0.05, 0.1) is 18.9 Å². The van der Waals surface area contributed by atoms with Crippen LogP contribution < -0.4 is 0 Å². The molecule has 5 heteroatoms. The fraction of sp³-hybridized carbons (Fsp3) is 0.400. The van der Waals surface area contributed by atoms with E-state index in [2.05, 4.69) is 24.3 Å². The summed E-state index contributed by atoms with van der Waals surface area (Å²) < 4.78 is 4.98. The van der Waals surface area contributed by atoms with Gasteiger partial charge in [-0.05, 0) is 28.7 Å². The molecule has 4 aliphatic rings. The number of amides is 2. The van der Waals surface area contributed by atoms with Crippen molar-refractivity contribution in [3.05, 3.63) is 70.8 Å². The van der Waals surface area contributed by atoms with E-state index in [-0.39, 0.29) is 23.7 Å². The van der Waals surface area contributed by atoms with Crippen LogP contribution >= 0.6 is 0 Å². The summed E-state index contributed by atoms with van der Waals surface area (Å²) in [4.78, 5) is 41.2. The van der Waals surface area contributed by atoms with Crippen LogP contribution in [0.15, 0.2) is 48.5 Å². The minimum Gasteiger partial charge on any atom is -0.467 e. The van der Waals surface area contributed by atoms with Crippen LogP contribution in [0.1, 0.15) is 60.3 Å². The van der Waals surface area contributed by atoms with Crippen molar-refractivity contribution in [2.24, 2.45) is 11.8 Å². The van der Waals surface area contributed by atoms with Crippen molar-refractivity contribution in [2.45, 2.75) is 44.1 Å². The van der Waals surface area contributed by atoms with Crippen molar-refractivity contribution < 1.29 is 19.1 Å². The molecular formula is C25H25NO4. The molecule has 6 rings (SSSR count). The van der Waals surface area contributed by atoms with Crippen LogP contribution in [0.25, 0.3) is 0 Å². The Bertz CT molecular complexity index is 929. The molecule has 2 amide bonds. The van der Waals surface area contributed by atoms with E-state index >= 15 is 0 Å². The number of likely N-dealkylation sites (tertiary alicyclic amines) is 1. The maximum atomic E-state index is 13.7. The van der Waals surface area contributed by atoms with E-state index in [1.54, 1.807) is 0 Å². The topological polar surface area (TPSA) is 63.7 Å². The molecule has 0 N–H and O–H groups in total. The van der Waals surface area contributed by atoms with Crippen molar-refractivity contribution in [3.63, 3.8) is 0 Å². The smallest absolute Gasteiger partial charge is 0.329 e. The van der Waals surface area contributed by atoms with Crippen molar-refractivity contribution in [2.75, 3.05) is 7.11 Å². The number of carbonyl (C=O) groups is 3. The molecule has 1 fully saturated rings. The number of rotatable bonds is 5. The first-order valence-electron chi connectivity index (χ1n) is 10.7. The van der Waals surface area contributed by atoms with Crippen LogP contribution in [0.5, 0.6) is 0 Å². The highest BCUT2D eigenvalue weighted by molar-refractivity contribution is 6.10.